The van der Waals surface area contributed by atoms with E-state index in [1.165, 1.54) is 18.3 Å². The van der Waals surface area contributed by atoms with E-state index < -0.39 is 18.5 Å². The zero-order valence-corrected chi connectivity index (χ0v) is 15.1. The summed E-state index contributed by atoms with van der Waals surface area (Å²) in [6.07, 6.45) is -3.18. The van der Waals surface area contributed by atoms with Gasteiger partial charge in [-0.15, -0.1) is 11.3 Å². The number of aryl methyl sites for hydroxylation is 2. The molecule has 0 bridgehead atoms. The van der Waals surface area contributed by atoms with Gasteiger partial charge in [-0.25, -0.2) is 4.98 Å². The second-order valence-electron chi connectivity index (χ2n) is 5.46. The largest absolute Gasteiger partial charge is 0.530 e. The predicted molar refractivity (Wildman–Crippen MR) is 94.7 cm³/mol. The van der Waals surface area contributed by atoms with Gasteiger partial charge in [0.25, 0.3) is 0 Å². The summed E-state index contributed by atoms with van der Waals surface area (Å²) >= 11 is 1.36. The molecule has 0 radical (unpaired) electrons. The fraction of sp³-hybridized carbons (Fsp3) is 0.250. The van der Waals surface area contributed by atoms with Crippen LogP contribution >= 0.6 is 11.3 Å². The van der Waals surface area contributed by atoms with Crippen LogP contribution in [0.5, 0.6) is 0 Å². The smallest absolute Gasteiger partial charge is 0.223 e. The molecule has 3 amide bonds. The minimum Gasteiger partial charge on any atom is -0.530 e. The van der Waals surface area contributed by atoms with Crippen molar-refractivity contribution in [2.45, 2.75) is 26.1 Å². The summed E-state index contributed by atoms with van der Waals surface area (Å²) in [5.41, 5.74) is 2.36. The molecule has 0 aliphatic rings. The number of nitrogens with one attached hydrogen (secondary N) is 4. The SMILES string of the molecule is CC(=O)Nc1nc(CCc2ccc(NC(NC(=O)[O-])NC(=O)[O-])cc2)cs1. The van der Waals surface area contributed by atoms with Gasteiger partial charge in [-0.2, -0.15) is 0 Å². The van der Waals surface area contributed by atoms with Gasteiger partial charge in [-0.1, -0.05) is 12.1 Å². The second kappa shape index (κ2) is 9.38. The fourth-order valence-corrected chi connectivity index (χ4v) is 2.97. The highest BCUT2D eigenvalue weighted by molar-refractivity contribution is 7.13. The zero-order valence-electron chi connectivity index (χ0n) is 14.3. The van der Waals surface area contributed by atoms with Gasteiger partial charge in [0.1, 0.15) is 12.2 Å². The van der Waals surface area contributed by atoms with Gasteiger partial charge >= 0.3 is 0 Å². The lowest BCUT2D eigenvalue weighted by Crippen LogP contribution is -2.58. The lowest BCUT2D eigenvalue weighted by molar-refractivity contribution is -0.255. The summed E-state index contributed by atoms with van der Waals surface area (Å²) < 4.78 is 0. The molecule has 0 unspecified atom stereocenters. The van der Waals surface area contributed by atoms with Gasteiger partial charge in [0.05, 0.1) is 5.69 Å². The first-order valence-electron chi connectivity index (χ1n) is 7.84. The van der Waals surface area contributed by atoms with E-state index in [9.17, 15) is 24.6 Å². The number of thiazole rings is 1. The molecule has 144 valence electrons. The van der Waals surface area contributed by atoms with Crippen LogP contribution < -0.4 is 31.5 Å². The third kappa shape index (κ3) is 7.20. The molecule has 2 rings (SSSR count). The molecule has 10 nitrogen and oxygen atoms in total. The minimum absolute atomic E-state index is 0.168. The van der Waals surface area contributed by atoms with Gasteiger partial charge in [-0.3, -0.25) is 4.79 Å². The molecule has 1 aromatic heterocycles. The van der Waals surface area contributed by atoms with Crippen molar-refractivity contribution >= 4 is 40.2 Å². The Hall–Kier alpha value is -3.34. The van der Waals surface area contributed by atoms with Crippen LogP contribution in [0.25, 0.3) is 0 Å². The highest BCUT2D eigenvalue weighted by atomic mass is 32.1. The number of hydrogen-bond donors (Lipinski definition) is 4. The van der Waals surface area contributed by atoms with Gasteiger partial charge in [0.2, 0.25) is 5.91 Å². The van der Waals surface area contributed by atoms with E-state index in [1.807, 2.05) is 28.1 Å². The Labute approximate surface area is 158 Å². The normalized spacial score (nSPS) is 10.3. The van der Waals surface area contributed by atoms with Crippen LogP contribution in [0.2, 0.25) is 0 Å². The quantitative estimate of drug-likeness (QED) is 0.439. The third-order valence-electron chi connectivity index (χ3n) is 3.29. The Morgan fingerprint density at radius 3 is 2.26 bits per heavy atom. The monoisotopic (exact) mass is 391 g/mol. The highest BCUT2D eigenvalue weighted by Crippen LogP contribution is 2.17. The van der Waals surface area contributed by atoms with E-state index in [2.05, 4.69) is 15.6 Å². The summed E-state index contributed by atoms with van der Waals surface area (Å²) in [4.78, 5) is 36.5. The predicted octanol–water partition coefficient (Wildman–Crippen LogP) is -0.552. The van der Waals surface area contributed by atoms with Crippen LogP contribution in [0.4, 0.5) is 20.4 Å². The summed E-state index contributed by atoms with van der Waals surface area (Å²) in [6, 6.07) is 7.00. The van der Waals surface area contributed by atoms with Gasteiger partial charge in [0.15, 0.2) is 11.4 Å². The molecule has 0 aliphatic heterocycles. The molecule has 0 atom stereocenters. The van der Waals surface area contributed by atoms with Crippen molar-refractivity contribution in [3.8, 4) is 0 Å². The number of benzene rings is 1. The maximum atomic E-state index is 11.0. The molecule has 2 aromatic rings. The lowest BCUT2D eigenvalue weighted by atomic mass is 10.1. The molecule has 0 aliphatic carbocycles. The second-order valence-corrected chi connectivity index (χ2v) is 6.32. The minimum atomic E-state index is -1.64. The summed E-state index contributed by atoms with van der Waals surface area (Å²) in [5, 5.41) is 32.6. The van der Waals surface area contributed by atoms with Crippen molar-refractivity contribution in [3.05, 3.63) is 40.9 Å². The lowest BCUT2D eigenvalue weighted by Gasteiger charge is -2.24. The molecule has 0 fully saturated rings. The number of carbonyl (C=O) groups excluding carboxylic acids is 3. The first-order valence-corrected chi connectivity index (χ1v) is 8.72. The molecule has 0 spiro atoms. The standard InChI is InChI=1S/C16H19N5O5S/c1-9(22)17-14-19-12(8-27-14)7-4-10-2-5-11(6-3-10)18-13(20-15(23)24)21-16(25)26/h2-3,5-6,8,13,18,20-21H,4,7H2,1H3,(H,23,24)(H,25,26)(H,17,19,22)/p-2. The van der Waals surface area contributed by atoms with Crippen LogP contribution in [0, 0.1) is 0 Å². The van der Waals surface area contributed by atoms with Gasteiger partial charge in [0, 0.05) is 18.0 Å². The van der Waals surface area contributed by atoms with E-state index in [1.54, 1.807) is 12.1 Å². The van der Waals surface area contributed by atoms with Crippen molar-refractivity contribution in [1.82, 2.24) is 15.6 Å². The summed E-state index contributed by atoms with van der Waals surface area (Å²) in [7, 11) is 0. The van der Waals surface area contributed by atoms with E-state index in [-0.39, 0.29) is 5.91 Å². The summed E-state index contributed by atoms with van der Waals surface area (Å²) in [5.74, 6) is -0.168. The maximum Gasteiger partial charge on any atom is 0.223 e. The molecule has 1 aromatic carbocycles. The molecule has 1 heterocycles. The van der Waals surface area contributed by atoms with E-state index >= 15 is 0 Å². The first kappa shape index (κ1) is 20.0. The summed E-state index contributed by atoms with van der Waals surface area (Å²) in [6.45, 7) is 1.42. The van der Waals surface area contributed by atoms with Crippen molar-refractivity contribution in [3.63, 3.8) is 0 Å². The van der Waals surface area contributed by atoms with Crippen molar-refractivity contribution in [2.75, 3.05) is 10.6 Å². The molecule has 0 saturated carbocycles. The van der Waals surface area contributed by atoms with Crippen LogP contribution in [-0.2, 0) is 17.6 Å². The van der Waals surface area contributed by atoms with Gasteiger partial charge in [-0.05, 0) is 30.5 Å². The first-order chi connectivity index (χ1) is 12.8. The molecule has 11 heteroatoms. The Morgan fingerprint density at radius 1 is 1.07 bits per heavy atom. The molecule has 0 saturated heterocycles. The molecule has 4 N–H and O–H groups in total. The van der Waals surface area contributed by atoms with E-state index in [0.717, 1.165) is 11.3 Å². The zero-order chi connectivity index (χ0) is 19.8. The molecular weight excluding hydrogens is 374 g/mol. The number of hydrogen-bond acceptors (Lipinski definition) is 8. The van der Waals surface area contributed by atoms with Crippen LogP contribution in [0.1, 0.15) is 18.2 Å². The van der Waals surface area contributed by atoms with Crippen LogP contribution in [-0.4, -0.2) is 29.4 Å². The Bertz CT molecular complexity index is 792. The number of aromatic nitrogens is 1. The number of carboxylic acid groups (broad SMARTS) is 2. The average Bonchev–Trinajstić information content (AvgIpc) is 2.99. The maximum absolute atomic E-state index is 11.0. The Kier molecular flexibility index (Phi) is 6.94. The number of anilines is 2. The highest BCUT2D eigenvalue weighted by Gasteiger charge is 2.08. The number of amides is 3. The number of nitrogens with zero attached hydrogens (tertiary/aromatic N) is 1. The molecular formula is C16H17N5O5S-2. The number of rotatable bonds is 8. The fourth-order valence-electron chi connectivity index (χ4n) is 2.18. The number of carbonyl (C=O) groups is 3. The van der Waals surface area contributed by atoms with Crippen molar-refractivity contribution in [1.29, 1.82) is 0 Å². The van der Waals surface area contributed by atoms with Gasteiger partial charge < -0.3 is 41.1 Å². The van der Waals surface area contributed by atoms with Crippen molar-refractivity contribution in [2.24, 2.45) is 0 Å². The Balaban J connectivity index is 1.90. The van der Waals surface area contributed by atoms with E-state index in [4.69, 9.17) is 0 Å². The third-order valence-corrected chi connectivity index (χ3v) is 4.10. The molecule has 27 heavy (non-hydrogen) atoms. The van der Waals surface area contributed by atoms with Crippen LogP contribution in [0.15, 0.2) is 29.6 Å². The average molecular weight is 391 g/mol. The topological polar surface area (TPSA) is 158 Å². The van der Waals surface area contributed by atoms with Crippen molar-refractivity contribution < 1.29 is 24.6 Å². The van der Waals surface area contributed by atoms with Crippen LogP contribution in [0.3, 0.4) is 0 Å². The Morgan fingerprint density at radius 2 is 1.70 bits per heavy atom. The van der Waals surface area contributed by atoms with E-state index in [0.29, 0.717) is 23.7 Å².